The molecule has 1 aliphatic heterocycles. The van der Waals surface area contributed by atoms with Crippen molar-refractivity contribution in [3.8, 4) is 5.69 Å². The van der Waals surface area contributed by atoms with E-state index in [1.54, 1.807) is 4.68 Å². The fraction of sp³-hybridized carbons (Fsp3) is 0.444. The first kappa shape index (κ1) is 14.5. The van der Waals surface area contributed by atoms with Crippen LogP contribution in [-0.2, 0) is 0 Å². The number of aryl methyl sites for hydroxylation is 1. The lowest BCUT2D eigenvalue weighted by Crippen LogP contribution is -2.33. The van der Waals surface area contributed by atoms with Gasteiger partial charge in [-0.1, -0.05) is 18.2 Å². The Labute approximate surface area is 136 Å². The van der Waals surface area contributed by atoms with Crippen LogP contribution in [0, 0.1) is 18.8 Å². The first-order chi connectivity index (χ1) is 11.1. The molecule has 1 aromatic carbocycles. The van der Waals surface area contributed by atoms with E-state index in [1.807, 2.05) is 48.4 Å². The highest BCUT2D eigenvalue weighted by atomic mass is 16.2. The van der Waals surface area contributed by atoms with Crippen molar-refractivity contribution in [2.24, 2.45) is 17.6 Å². The average molecular weight is 310 g/mol. The van der Waals surface area contributed by atoms with E-state index >= 15 is 0 Å². The zero-order chi connectivity index (χ0) is 16.0. The lowest BCUT2D eigenvalue weighted by atomic mass is 9.98. The molecule has 3 atom stereocenters. The van der Waals surface area contributed by atoms with Gasteiger partial charge < -0.3 is 10.6 Å². The molecule has 1 aromatic heterocycles. The van der Waals surface area contributed by atoms with E-state index in [0.29, 0.717) is 17.4 Å². The quantitative estimate of drug-likeness (QED) is 0.922. The first-order valence-electron chi connectivity index (χ1n) is 8.30. The van der Waals surface area contributed by atoms with E-state index in [9.17, 15) is 4.79 Å². The predicted octanol–water partition coefficient (Wildman–Crippen LogP) is 1.99. The molecule has 4 rings (SSSR count). The van der Waals surface area contributed by atoms with E-state index in [4.69, 9.17) is 5.73 Å². The third-order valence-electron chi connectivity index (χ3n) is 5.35. The number of hydrogen-bond donors (Lipinski definition) is 1. The number of likely N-dealkylation sites (tertiary alicyclic amines) is 1. The van der Waals surface area contributed by atoms with Gasteiger partial charge in [-0.15, -0.1) is 0 Å². The van der Waals surface area contributed by atoms with Crippen molar-refractivity contribution >= 4 is 5.91 Å². The number of rotatable bonds is 2. The highest BCUT2D eigenvalue weighted by Gasteiger charge is 2.42. The normalized spacial score (nSPS) is 26.5. The Morgan fingerprint density at radius 1 is 1.22 bits per heavy atom. The predicted molar refractivity (Wildman–Crippen MR) is 88.4 cm³/mol. The summed E-state index contributed by atoms with van der Waals surface area (Å²) in [5.74, 6) is 1.15. The molecule has 1 amide bonds. The van der Waals surface area contributed by atoms with E-state index in [2.05, 4.69) is 5.10 Å². The van der Waals surface area contributed by atoms with Crippen molar-refractivity contribution in [3.63, 3.8) is 0 Å². The van der Waals surface area contributed by atoms with Crippen LogP contribution in [0.15, 0.2) is 36.5 Å². The Kier molecular flexibility index (Phi) is 3.45. The van der Waals surface area contributed by atoms with Crippen LogP contribution in [0.25, 0.3) is 5.69 Å². The SMILES string of the molecule is Cc1nn(-c2ccccc2)cc1C(=O)N1CC2CCC(N)C2C1. The van der Waals surface area contributed by atoms with Gasteiger partial charge in [0, 0.05) is 25.3 Å². The van der Waals surface area contributed by atoms with Gasteiger partial charge in [-0.3, -0.25) is 4.79 Å². The fourth-order valence-corrected chi connectivity index (χ4v) is 4.03. The molecule has 2 aromatic rings. The second-order valence-electron chi connectivity index (χ2n) is 6.78. The topological polar surface area (TPSA) is 64.2 Å². The van der Waals surface area contributed by atoms with Crippen LogP contribution in [0.1, 0.15) is 28.9 Å². The van der Waals surface area contributed by atoms with Crippen molar-refractivity contribution in [3.05, 3.63) is 47.8 Å². The number of para-hydroxylation sites is 1. The number of amides is 1. The van der Waals surface area contributed by atoms with Gasteiger partial charge in [0.25, 0.3) is 5.91 Å². The number of carbonyl (C=O) groups is 1. The van der Waals surface area contributed by atoms with Gasteiger partial charge in [0.2, 0.25) is 0 Å². The van der Waals surface area contributed by atoms with Crippen molar-refractivity contribution < 1.29 is 4.79 Å². The molecule has 2 aliphatic rings. The standard InChI is InChI=1S/C18H22N4O/c1-12-15(11-22(20-12)14-5-3-2-4-6-14)18(23)21-9-13-7-8-17(19)16(13)10-21/h2-6,11,13,16-17H,7-10,19H2,1H3. The van der Waals surface area contributed by atoms with Crippen molar-refractivity contribution in [2.75, 3.05) is 13.1 Å². The molecule has 2 N–H and O–H groups in total. The monoisotopic (exact) mass is 310 g/mol. The summed E-state index contributed by atoms with van der Waals surface area (Å²) in [6, 6.07) is 10.1. The molecule has 5 heteroatoms. The molecule has 1 saturated carbocycles. The number of carbonyl (C=O) groups excluding carboxylic acids is 1. The molecule has 3 unspecified atom stereocenters. The highest BCUT2D eigenvalue weighted by molar-refractivity contribution is 5.95. The summed E-state index contributed by atoms with van der Waals surface area (Å²) < 4.78 is 1.78. The van der Waals surface area contributed by atoms with E-state index in [0.717, 1.165) is 37.3 Å². The maximum Gasteiger partial charge on any atom is 0.257 e. The number of hydrogen-bond acceptors (Lipinski definition) is 3. The van der Waals surface area contributed by atoms with Gasteiger partial charge in [-0.25, -0.2) is 4.68 Å². The third-order valence-corrected chi connectivity index (χ3v) is 5.35. The minimum absolute atomic E-state index is 0.0891. The van der Waals surface area contributed by atoms with Crippen LogP contribution in [0.5, 0.6) is 0 Å². The minimum atomic E-state index is 0.0891. The average Bonchev–Trinajstić information content (AvgIpc) is 3.24. The Morgan fingerprint density at radius 3 is 2.74 bits per heavy atom. The Bertz CT molecular complexity index is 724. The zero-order valence-corrected chi connectivity index (χ0v) is 13.4. The molecule has 0 bridgehead atoms. The number of nitrogens with two attached hydrogens (primary N) is 1. The Hall–Kier alpha value is -2.14. The molecule has 1 aliphatic carbocycles. The first-order valence-corrected chi connectivity index (χ1v) is 8.30. The molecule has 120 valence electrons. The minimum Gasteiger partial charge on any atom is -0.338 e. The smallest absolute Gasteiger partial charge is 0.257 e. The number of fused-ring (bicyclic) bond motifs is 1. The summed E-state index contributed by atoms with van der Waals surface area (Å²) in [6.07, 6.45) is 4.10. The van der Waals surface area contributed by atoms with Crippen molar-refractivity contribution in [1.82, 2.24) is 14.7 Å². The van der Waals surface area contributed by atoms with Crippen LogP contribution < -0.4 is 5.73 Å². The van der Waals surface area contributed by atoms with Crippen LogP contribution >= 0.6 is 0 Å². The lowest BCUT2D eigenvalue weighted by molar-refractivity contribution is 0.0779. The van der Waals surface area contributed by atoms with E-state index in [1.165, 1.54) is 0 Å². The van der Waals surface area contributed by atoms with Gasteiger partial charge in [-0.2, -0.15) is 5.10 Å². The van der Waals surface area contributed by atoms with Crippen LogP contribution in [0.2, 0.25) is 0 Å². The van der Waals surface area contributed by atoms with Gasteiger partial charge in [-0.05, 0) is 43.7 Å². The Morgan fingerprint density at radius 2 is 2.00 bits per heavy atom. The molecule has 2 heterocycles. The maximum absolute atomic E-state index is 12.9. The molecule has 2 fully saturated rings. The maximum atomic E-state index is 12.9. The van der Waals surface area contributed by atoms with Gasteiger partial charge in [0.1, 0.15) is 0 Å². The van der Waals surface area contributed by atoms with Gasteiger partial charge >= 0.3 is 0 Å². The third kappa shape index (κ3) is 2.45. The molecule has 1 saturated heterocycles. The highest BCUT2D eigenvalue weighted by Crippen LogP contribution is 2.37. The molecule has 23 heavy (non-hydrogen) atoms. The van der Waals surface area contributed by atoms with Crippen molar-refractivity contribution in [2.45, 2.75) is 25.8 Å². The molecule has 0 spiro atoms. The second kappa shape index (κ2) is 5.49. The summed E-state index contributed by atoms with van der Waals surface area (Å²) in [7, 11) is 0. The lowest BCUT2D eigenvalue weighted by Gasteiger charge is -2.18. The summed E-state index contributed by atoms with van der Waals surface area (Å²) in [5.41, 5.74) is 8.62. The summed E-state index contributed by atoms with van der Waals surface area (Å²) >= 11 is 0. The summed E-state index contributed by atoms with van der Waals surface area (Å²) in [5, 5.41) is 4.50. The van der Waals surface area contributed by atoms with Gasteiger partial charge in [0.15, 0.2) is 0 Å². The molecular weight excluding hydrogens is 288 g/mol. The number of nitrogens with zero attached hydrogens (tertiary/aromatic N) is 3. The zero-order valence-electron chi connectivity index (χ0n) is 13.4. The van der Waals surface area contributed by atoms with Gasteiger partial charge in [0.05, 0.1) is 16.9 Å². The van der Waals surface area contributed by atoms with Crippen LogP contribution in [0.4, 0.5) is 0 Å². The summed E-state index contributed by atoms with van der Waals surface area (Å²) in [4.78, 5) is 14.8. The fourth-order valence-electron chi connectivity index (χ4n) is 4.03. The summed E-state index contributed by atoms with van der Waals surface area (Å²) in [6.45, 7) is 3.53. The van der Waals surface area contributed by atoms with Crippen LogP contribution in [0.3, 0.4) is 0 Å². The number of benzene rings is 1. The molecule has 0 radical (unpaired) electrons. The largest absolute Gasteiger partial charge is 0.338 e. The van der Waals surface area contributed by atoms with E-state index in [-0.39, 0.29) is 11.9 Å². The Balaban J connectivity index is 1.57. The second-order valence-corrected chi connectivity index (χ2v) is 6.78. The molecular formula is C18H22N4O. The molecule has 5 nitrogen and oxygen atoms in total. The van der Waals surface area contributed by atoms with Crippen molar-refractivity contribution in [1.29, 1.82) is 0 Å². The van der Waals surface area contributed by atoms with Crippen LogP contribution in [-0.4, -0.2) is 39.7 Å². The van der Waals surface area contributed by atoms with E-state index < -0.39 is 0 Å². The number of aromatic nitrogens is 2.